The number of fused-ring (bicyclic) bond motifs is 1. The van der Waals surface area contributed by atoms with Crippen LogP contribution in [0.15, 0.2) is 0 Å². The van der Waals surface area contributed by atoms with Crippen molar-refractivity contribution in [3.05, 3.63) is 0 Å². The number of hydrogen-bond acceptors (Lipinski definition) is 4. The zero-order valence-corrected chi connectivity index (χ0v) is 17.3. The van der Waals surface area contributed by atoms with Crippen LogP contribution >= 0.6 is 0 Å². The molecule has 0 aromatic carbocycles. The summed E-state index contributed by atoms with van der Waals surface area (Å²) in [4.78, 5) is 30.3. The van der Waals surface area contributed by atoms with Crippen molar-refractivity contribution < 1.29 is 19.1 Å². The van der Waals surface area contributed by atoms with Crippen molar-refractivity contribution in [2.24, 2.45) is 22.2 Å². The van der Waals surface area contributed by atoms with Crippen molar-refractivity contribution in [3.63, 3.8) is 0 Å². The molecule has 3 saturated heterocycles. The summed E-state index contributed by atoms with van der Waals surface area (Å²) in [6.07, 6.45) is 3.75. The van der Waals surface area contributed by atoms with Crippen LogP contribution in [0.3, 0.4) is 0 Å². The van der Waals surface area contributed by atoms with Gasteiger partial charge in [0.1, 0.15) is 6.10 Å². The maximum absolute atomic E-state index is 13.3. The quantitative estimate of drug-likeness (QED) is 0.750. The van der Waals surface area contributed by atoms with E-state index in [0.717, 1.165) is 45.4 Å². The van der Waals surface area contributed by atoms with E-state index in [1.807, 2.05) is 16.7 Å². The van der Waals surface area contributed by atoms with Crippen molar-refractivity contribution in [2.45, 2.75) is 52.6 Å². The fourth-order valence-corrected chi connectivity index (χ4v) is 5.52. The fourth-order valence-electron chi connectivity index (χ4n) is 5.52. The molecule has 4 rings (SSSR count). The van der Waals surface area contributed by atoms with Gasteiger partial charge in [-0.15, -0.1) is 0 Å². The molecule has 152 valence electrons. The van der Waals surface area contributed by atoms with Gasteiger partial charge in [0.25, 0.3) is 5.91 Å². The van der Waals surface area contributed by atoms with Gasteiger partial charge in [-0.3, -0.25) is 9.59 Å². The van der Waals surface area contributed by atoms with Gasteiger partial charge in [0.05, 0.1) is 12.0 Å². The third-order valence-electron chi connectivity index (χ3n) is 7.72. The normalized spacial score (nSPS) is 40.1. The standard InChI is InChI=1S/C21H34N2O4/c1-19(8-5-9-27-14-19)18(25)23-12-20(2)10-22(11-21(20,3)13-23)17(24)16(26-4)15-6-7-15/h15-16H,5-14H2,1-4H3/t16?,19?,20-,21+. The molecule has 0 spiro atoms. The second-order valence-electron chi connectivity index (χ2n) is 10.2. The van der Waals surface area contributed by atoms with E-state index in [9.17, 15) is 9.59 Å². The molecule has 0 aromatic heterocycles. The van der Waals surface area contributed by atoms with Crippen molar-refractivity contribution >= 4 is 11.8 Å². The SMILES string of the molecule is COC(C(=O)N1C[C@@]2(C)CN(C(=O)C3(C)CCCOC3)C[C@@]2(C)C1)C1CC1. The molecule has 2 unspecified atom stereocenters. The average Bonchev–Trinajstić information content (AvgIpc) is 3.36. The summed E-state index contributed by atoms with van der Waals surface area (Å²) in [6, 6.07) is 0. The van der Waals surface area contributed by atoms with Crippen LogP contribution in [-0.2, 0) is 19.1 Å². The van der Waals surface area contributed by atoms with Crippen molar-refractivity contribution in [1.82, 2.24) is 9.80 Å². The molecule has 0 bridgehead atoms. The van der Waals surface area contributed by atoms with Crippen LogP contribution < -0.4 is 0 Å². The zero-order valence-electron chi connectivity index (χ0n) is 17.3. The first-order chi connectivity index (χ1) is 12.7. The average molecular weight is 379 g/mol. The number of ether oxygens (including phenoxy) is 2. The van der Waals surface area contributed by atoms with Crippen molar-refractivity contribution in [1.29, 1.82) is 0 Å². The first-order valence-electron chi connectivity index (χ1n) is 10.4. The van der Waals surface area contributed by atoms with Gasteiger partial charge in [-0.1, -0.05) is 13.8 Å². The molecule has 4 aliphatic rings. The Bertz CT molecular complexity index is 608. The predicted octanol–water partition coefficient (Wildman–Crippen LogP) is 1.93. The summed E-state index contributed by atoms with van der Waals surface area (Å²) in [5.41, 5.74) is -0.523. The Labute approximate surface area is 162 Å². The Morgan fingerprint density at radius 2 is 1.63 bits per heavy atom. The monoisotopic (exact) mass is 378 g/mol. The van der Waals surface area contributed by atoms with E-state index in [-0.39, 0.29) is 28.7 Å². The van der Waals surface area contributed by atoms with Gasteiger partial charge >= 0.3 is 0 Å². The number of likely N-dealkylation sites (tertiary alicyclic amines) is 2. The number of amides is 2. The number of carbonyl (C=O) groups excluding carboxylic acids is 2. The van der Waals surface area contributed by atoms with Gasteiger partial charge in [-0.2, -0.15) is 0 Å². The molecule has 0 N–H and O–H groups in total. The van der Waals surface area contributed by atoms with Crippen LogP contribution in [0.4, 0.5) is 0 Å². The molecule has 4 atom stereocenters. The number of carbonyl (C=O) groups is 2. The van der Waals surface area contributed by atoms with Crippen molar-refractivity contribution in [2.75, 3.05) is 46.5 Å². The highest BCUT2D eigenvalue weighted by Gasteiger charge is 2.61. The molecule has 1 saturated carbocycles. The molecule has 3 aliphatic heterocycles. The molecular weight excluding hydrogens is 344 g/mol. The number of nitrogens with zero attached hydrogens (tertiary/aromatic N) is 2. The minimum atomic E-state index is -0.397. The molecule has 27 heavy (non-hydrogen) atoms. The minimum Gasteiger partial charge on any atom is -0.380 e. The lowest BCUT2D eigenvalue weighted by Gasteiger charge is -2.36. The number of methoxy groups -OCH3 is 1. The summed E-state index contributed by atoms with van der Waals surface area (Å²) < 4.78 is 11.1. The molecule has 0 radical (unpaired) electrons. The molecule has 6 heteroatoms. The Morgan fingerprint density at radius 3 is 2.11 bits per heavy atom. The van der Waals surface area contributed by atoms with E-state index in [4.69, 9.17) is 9.47 Å². The molecule has 1 aliphatic carbocycles. The van der Waals surface area contributed by atoms with Crippen LogP contribution in [0, 0.1) is 22.2 Å². The predicted molar refractivity (Wildman–Crippen MR) is 101 cm³/mol. The van der Waals surface area contributed by atoms with E-state index in [1.165, 1.54) is 0 Å². The lowest BCUT2D eigenvalue weighted by atomic mass is 9.71. The first kappa shape index (κ1) is 19.2. The Kier molecular flexibility index (Phi) is 4.58. The Morgan fingerprint density at radius 1 is 1.04 bits per heavy atom. The van der Waals surface area contributed by atoms with Gasteiger partial charge in [-0.25, -0.2) is 0 Å². The largest absolute Gasteiger partial charge is 0.380 e. The molecule has 4 fully saturated rings. The maximum Gasteiger partial charge on any atom is 0.252 e. The van der Waals surface area contributed by atoms with Gasteiger partial charge in [-0.05, 0) is 38.5 Å². The second kappa shape index (κ2) is 6.45. The lowest BCUT2D eigenvalue weighted by Crippen LogP contribution is -2.48. The van der Waals surface area contributed by atoms with E-state index in [1.54, 1.807) is 7.11 Å². The van der Waals surface area contributed by atoms with Gasteiger partial charge < -0.3 is 19.3 Å². The topological polar surface area (TPSA) is 59.1 Å². The summed E-state index contributed by atoms with van der Waals surface area (Å²) in [5, 5.41) is 0. The van der Waals surface area contributed by atoms with Crippen LogP contribution in [0.1, 0.15) is 46.5 Å². The van der Waals surface area contributed by atoms with Gasteiger partial charge in [0.2, 0.25) is 5.91 Å². The molecular formula is C21H34N2O4. The molecule has 2 amide bonds. The molecule has 3 heterocycles. The highest BCUT2D eigenvalue weighted by molar-refractivity contribution is 5.84. The van der Waals surface area contributed by atoms with Crippen molar-refractivity contribution in [3.8, 4) is 0 Å². The third kappa shape index (κ3) is 3.09. The highest BCUT2D eigenvalue weighted by atomic mass is 16.5. The highest BCUT2D eigenvalue weighted by Crippen LogP contribution is 2.53. The maximum atomic E-state index is 13.3. The van der Waals surface area contributed by atoms with Crippen LogP contribution in [0.25, 0.3) is 0 Å². The summed E-state index contributed by atoms with van der Waals surface area (Å²) >= 11 is 0. The third-order valence-corrected chi connectivity index (χ3v) is 7.72. The Balaban J connectivity index is 1.46. The van der Waals surface area contributed by atoms with E-state index in [0.29, 0.717) is 25.6 Å². The number of hydrogen-bond donors (Lipinski definition) is 0. The lowest BCUT2D eigenvalue weighted by molar-refractivity contribution is -0.148. The van der Waals surface area contributed by atoms with E-state index >= 15 is 0 Å². The van der Waals surface area contributed by atoms with Gasteiger partial charge in [0.15, 0.2) is 0 Å². The smallest absolute Gasteiger partial charge is 0.252 e. The molecule has 0 aromatic rings. The minimum absolute atomic E-state index is 0.0634. The second-order valence-corrected chi connectivity index (χ2v) is 10.2. The number of rotatable bonds is 4. The van der Waals surface area contributed by atoms with Crippen LogP contribution in [0.5, 0.6) is 0 Å². The first-order valence-corrected chi connectivity index (χ1v) is 10.4. The van der Waals surface area contributed by atoms with E-state index < -0.39 is 5.41 Å². The fraction of sp³-hybridized carbons (Fsp3) is 0.905. The van der Waals surface area contributed by atoms with E-state index in [2.05, 4.69) is 13.8 Å². The van der Waals surface area contributed by atoms with Crippen LogP contribution in [0.2, 0.25) is 0 Å². The van der Waals surface area contributed by atoms with Crippen LogP contribution in [-0.4, -0.2) is 74.2 Å². The summed E-state index contributed by atoms with van der Waals surface area (Å²) in [7, 11) is 1.65. The summed E-state index contributed by atoms with van der Waals surface area (Å²) in [5.74, 6) is 0.764. The Hall–Kier alpha value is -1.14. The molecule has 6 nitrogen and oxygen atoms in total. The summed E-state index contributed by atoms with van der Waals surface area (Å²) in [6.45, 7) is 10.7. The zero-order chi connectivity index (χ0) is 19.4. The van der Waals surface area contributed by atoms with Gasteiger partial charge in [0, 0.05) is 50.7 Å².